The number of hydrogen-bond donors (Lipinski definition) is 1. The molecular formula is C29H36FN3O5Si. The zero-order valence-electron chi connectivity index (χ0n) is 22.9. The molecule has 10 heteroatoms. The maximum Gasteiger partial charge on any atom is 0.264 e. The van der Waals surface area contributed by atoms with Crippen LogP contribution in [0.3, 0.4) is 0 Å². The molecule has 3 aliphatic heterocycles. The van der Waals surface area contributed by atoms with Crippen molar-refractivity contribution in [3.05, 3.63) is 59.7 Å². The fraction of sp³-hybridized carbons (Fsp3) is 0.483. The first-order valence-corrected chi connectivity index (χ1v) is 16.5. The molecule has 2 saturated heterocycles. The number of halogens is 1. The molecule has 0 aromatic heterocycles. The van der Waals surface area contributed by atoms with Crippen LogP contribution in [0.25, 0.3) is 0 Å². The lowest BCUT2D eigenvalue weighted by Gasteiger charge is -2.33. The SMILES string of the molecule is C[C@H]1[C@H]([Si](C)(C)F)[C@@H](CC(=O)N(CCO)Cc2ccccc2)O[C@]12C(=O)N(C)c1ccc(N3CCC3=O)cc12. The van der Waals surface area contributed by atoms with E-state index in [1.807, 2.05) is 55.5 Å². The third kappa shape index (κ3) is 4.58. The number of likely N-dealkylation sites (N-methyl/N-ethyl adjacent to an activating group) is 1. The predicted octanol–water partition coefficient (Wildman–Crippen LogP) is 3.59. The first-order chi connectivity index (χ1) is 18.5. The maximum atomic E-state index is 16.0. The molecule has 39 heavy (non-hydrogen) atoms. The Morgan fingerprint density at radius 2 is 1.92 bits per heavy atom. The molecule has 0 saturated carbocycles. The van der Waals surface area contributed by atoms with E-state index < -0.39 is 31.6 Å². The van der Waals surface area contributed by atoms with E-state index in [9.17, 15) is 19.5 Å². The Morgan fingerprint density at radius 3 is 2.51 bits per heavy atom. The molecule has 4 atom stereocenters. The van der Waals surface area contributed by atoms with Gasteiger partial charge in [0.1, 0.15) is 0 Å². The van der Waals surface area contributed by atoms with Crippen molar-refractivity contribution in [1.29, 1.82) is 0 Å². The van der Waals surface area contributed by atoms with Gasteiger partial charge in [-0.3, -0.25) is 14.4 Å². The Bertz CT molecular complexity index is 1290. The van der Waals surface area contributed by atoms with Gasteiger partial charge < -0.3 is 28.7 Å². The summed E-state index contributed by atoms with van der Waals surface area (Å²) in [5, 5.41) is 9.65. The highest BCUT2D eigenvalue weighted by atomic mass is 28.4. The molecule has 0 unspecified atom stereocenters. The van der Waals surface area contributed by atoms with E-state index in [0.717, 1.165) is 5.56 Å². The number of anilines is 2. The van der Waals surface area contributed by atoms with Gasteiger partial charge in [0, 0.05) is 55.8 Å². The molecule has 2 aromatic rings. The molecule has 2 fully saturated rings. The summed E-state index contributed by atoms with van der Waals surface area (Å²) < 4.78 is 22.6. The first-order valence-electron chi connectivity index (χ1n) is 13.5. The van der Waals surface area contributed by atoms with Crippen molar-refractivity contribution in [2.45, 2.75) is 56.7 Å². The molecule has 0 bridgehead atoms. The standard InChI is InChI=1S/C29H36FN3O5Si/c1-19-27(39(3,4)30)24(17-26(36)32(14-15-34)18-20-8-6-5-7-9-20)38-29(19)22-16-21(33-13-12-25(33)35)10-11-23(22)31(2)28(29)37/h5-11,16,19,24,27,34H,12-15,17-18H2,1-4H3/t19-,24+,27-,29+/m0/s1. The van der Waals surface area contributed by atoms with Gasteiger partial charge in [-0.15, -0.1) is 0 Å². The zero-order valence-corrected chi connectivity index (χ0v) is 23.9. The number of fused-ring (bicyclic) bond motifs is 2. The van der Waals surface area contributed by atoms with Crippen LogP contribution in [-0.4, -0.2) is 69.0 Å². The fourth-order valence-corrected chi connectivity index (χ4v) is 9.11. The normalized spacial score (nSPS) is 26.3. The highest BCUT2D eigenvalue weighted by molar-refractivity contribution is 6.72. The first kappa shape index (κ1) is 27.5. The molecule has 2 aromatic carbocycles. The van der Waals surface area contributed by atoms with E-state index in [0.29, 0.717) is 36.4 Å². The highest BCUT2D eigenvalue weighted by Gasteiger charge is 2.66. The monoisotopic (exact) mass is 553 g/mol. The summed E-state index contributed by atoms with van der Waals surface area (Å²) in [4.78, 5) is 44.4. The number of aliphatic hydroxyl groups excluding tert-OH is 1. The number of hydrogen-bond acceptors (Lipinski definition) is 5. The Balaban J connectivity index is 1.49. The van der Waals surface area contributed by atoms with Gasteiger partial charge in [-0.2, -0.15) is 0 Å². The van der Waals surface area contributed by atoms with Gasteiger partial charge in [-0.1, -0.05) is 37.3 Å². The molecule has 3 amide bonds. The number of amides is 3. The number of ether oxygens (including phenoxy) is 1. The van der Waals surface area contributed by atoms with Crippen LogP contribution in [0, 0.1) is 5.92 Å². The molecule has 5 rings (SSSR count). The predicted molar refractivity (Wildman–Crippen MR) is 148 cm³/mol. The molecule has 0 aliphatic carbocycles. The van der Waals surface area contributed by atoms with E-state index in [2.05, 4.69) is 0 Å². The lowest BCUT2D eigenvalue weighted by molar-refractivity contribution is -0.149. The summed E-state index contributed by atoms with van der Waals surface area (Å²) in [7, 11) is -1.76. The molecule has 1 N–H and O–H groups in total. The Labute approximate surface area is 229 Å². The molecule has 0 radical (unpaired) electrons. The van der Waals surface area contributed by atoms with Gasteiger partial charge in [-0.25, -0.2) is 0 Å². The van der Waals surface area contributed by atoms with Crippen LogP contribution in [-0.2, 0) is 31.3 Å². The summed E-state index contributed by atoms with van der Waals surface area (Å²) in [6.07, 6.45) is -0.427. The number of β-lactam (4-membered cyclic amide) rings is 1. The van der Waals surface area contributed by atoms with Gasteiger partial charge in [0.05, 0.1) is 24.8 Å². The van der Waals surface area contributed by atoms with Crippen LogP contribution in [0.4, 0.5) is 15.5 Å². The summed E-state index contributed by atoms with van der Waals surface area (Å²) in [6.45, 7) is 5.90. The molecular weight excluding hydrogens is 517 g/mol. The maximum absolute atomic E-state index is 16.0. The molecule has 3 aliphatic rings. The molecule has 208 valence electrons. The highest BCUT2D eigenvalue weighted by Crippen LogP contribution is 2.60. The van der Waals surface area contributed by atoms with E-state index in [1.165, 1.54) is 4.90 Å². The van der Waals surface area contributed by atoms with Crippen molar-refractivity contribution < 1.29 is 28.3 Å². The van der Waals surface area contributed by atoms with Gasteiger partial charge in [0.25, 0.3) is 5.91 Å². The van der Waals surface area contributed by atoms with Gasteiger partial charge >= 0.3 is 0 Å². The molecule has 3 heterocycles. The van der Waals surface area contributed by atoms with Crippen LogP contribution in [0.1, 0.15) is 30.9 Å². The second-order valence-corrected chi connectivity index (χ2v) is 15.2. The Kier molecular flexibility index (Phi) is 7.15. The quantitative estimate of drug-likeness (QED) is 0.307. The lowest BCUT2D eigenvalue weighted by atomic mass is 9.82. The van der Waals surface area contributed by atoms with Crippen LogP contribution in [0.5, 0.6) is 0 Å². The summed E-state index contributed by atoms with van der Waals surface area (Å²) in [5.74, 6) is -1.06. The minimum atomic E-state index is -3.43. The van der Waals surface area contributed by atoms with Crippen molar-refractivity contribution in [2.75, 3.05) is 36.5 Å². The van der Waals surface area contributed by atoms with E-state index in [1.54, 1.807) is 29.9 Å². The summed E-state index contributed by atoms with van der Waals surface area (Å²) in [6, 6.07) is 14.9. The minimum absolute atomic E-state index is 0.0168. The topological polar surface area (TPSA) is 90.4 Å². The van der Waals surface area contributed by atoms with E-state index in [4.69, 9.17) is 4.74 Å². The van der Waals surface area contributed by atoms with Crippen molar-refractivity contribution >= 4 is 37.5 Å². The lowest BCUT2D eigenvalue weighted by Crippen LogP contribution is -2.45. The second-order valence-electron chi connectivity index (χ2n) is 11.4. The van der Waals surface area contributed by atoms with Crippen LogP contribution < -0.4 is 9.80 Å². The second kappa shape index (κ2) is 10.1. The van der Waals surface area contributed by atoms with Crippen molar-refractivity contribution in [1.82, 2.24) is 4.90 Å². The number of nitrogens with zero attached hydrogens (tertiary/aromatic N) is 3. The number of rotatable bonds is 8. The number of aliphatic hydroxyl groups is 1. The molecule has 8 nitrogen and oxygen atoms in total. The number of benzene rings is 2. The van der Waals surface area contributed by atoms with E-state index in [-0.39, 0.29) is 37.3 Å². The summed E-state index contributed by atoms with van der Waals surface area (Å²) >= 11 is 0. The average molecular weight is 554 g/mol. The minimum Gasteiger partial charge on any atom is -0.395 e. The summed E-state index contributed by atoms with van der Waals surface area (Å²) in [5.41, 5.74) is 0.831. The third-order valence-corrected chi connectivity index (χ3v) is 11.0. The Hall–Kier alpha value is -3.08. The van der Waals surface area contributed by atoms with Crippen LogP contribution in [0.2, 0.25) is 18.6 Å². The van der Waals surface area contributed by atoms with Gasteiger partial charge in [-0.05, 0) is 36.9 Å². The number of carbonyl (C=O) groups is 3. The molecule has 1 spiro atoms. The van der Waals surface area contributed by atoms with Crippen molar-refractivity contribution in [3.63, 3.8) is 0 Å². The zero-order chi connectivity index (χ0) is 28.1. The van der Waals surface area contributed by atoms with Gasteiger partial charge in [0.15, 0.2) is 5.60 Å². The smallest absolute Gasteiger partial charge is 0.264 e. The Morgan fingerprint density at radius 1 is 1.21 bits per heavy atom. The van der Waals surface area contributed by atoms with Crippen molar-refractivity contribution in [2.24, 2.45) is 5.92 Å². The third-order valence-electron chi connectivity index (χ3n) is 8.55. The fourth-order valence-electron chi connectivity index (χ4n) is 6.61. The van der Waals surface area contributed by atoms with E-state index >= 15 is 4.11 Å². The van der Waals surface area contributed by atoms with Gasteiger partial charge in [0.2, 0.25) is 20.2 Å². The largest absolute Gasteiger partial charge is 0.395 e. The average Bonchev–Trinajstić information content (AvgIpc) is 3.29. The van der Waals surface area contributed by atoms with Crippen molar-refractivity contribution in [3.8, 4) is 0 Å². The van der Waals surface area contributed by atoms with Crippen LogP contribution >= 0.6 is 0 Å². The number of carbonyl (C=O) groups excluding carboxylic acids is 3. The van der Waals surface area contributed by atoms with Crippen LogP contribution in [0.15, 0.2) is 48.5 Å².